The minimum atomic E-state index is -0.701. The van der Waals surface area contributed by atoms with Gasteiger partial charge in [-0.1, -0.05) is 15.9 Å². The highest BCUT2D eigenvalue weighted by Crippen LogP contribution is 2.20. The third-order valence-electron chi connectivity index (χ3n) is 2.71. The Morgan fingerprint density at radius 3 is 2.48 bits per heavy atom. The predicted octanol–water partition coefficient (Wildman–Crippen LogP) is 1.44. The molecule has 1 aliphatic rings. The first-order valence-corrected chi connectivity index (χ1v) is 7.19. The van der Waals surface area contributed by atoms with Crippen molar-refractivity contribution >= 4 is 27.8 Å². The molecular weight excluding hydrogens is 338 g/mol. The van der Waals surface area contributed by atoms with E-state index in [9.17, 15) is 0 Å². The van der Waals surface area contributed by atoms with Crippen molar-refractivity contribution < 1.29 is 9.57 Å². The predicted molar refractivity (Wildman–Crippen MR) is 84.8 cm³/mol. The second-order valence-corrected chi connectivity index (χ2v) is 5.78. The molecule has 4 N–H and O–H groups in total. The highest BCUT2D eigenvalue weighted by atomic mass is 79.9. The molecule has 8 heteroatoms. The van der Waals surface area contributed by atoms with E-state index in [1.54, 1.807) is 0 Å². The molecule has 1 aliphatic heterocycles. The Bertz CT molecular complexity index is 556. The van der Waals surface area contributed by atoms with Gasteiger partial charge < -0.3 is 16.2 Å². The number of hydrogen-bond acceptors (Lipinski definition) is 7. The fraction of sp³-hybridized carbons (Fsp3) is 0.385. The van der Waals surface area contributed by atoms with Gasteiger partial charge in [-0.05, 0) is 38.1 Å². The lowest BCUT2D eigenvalue weighted by molar-refractivity contribution is -0.161. The lowest BCUT2D eigenvalue weighted by atomic mass is 10.2. The van der Waals surface area contributed by atoms with Gasteiger partial charge in [0.2, 0.25) is 11.9 Å². The Balaban J connectivity index is 1.83. The number of halogens is 1. The topological polar surface area (TPSA) is 98.5 Å². The van der Waals surface area contributed by atoms with Crippen LogP contribution in [0.2, 0.25) is 0 Å². The van der Waals surface area contributed by atoms with Gasteiger partial charge in [-0.2, -0.15) is 10.1 Å². The standard InChI is InChI=1S/C13H18BrN5O2/c1-13(2)18-11(15)17-12(16)19(13)21-8-7-20-10-5-3-9(14)4-6-10/h3-6H,7-8H2,1-2H3,(H4,15,16,17,18). The summed E-state index contributed by atoms with van der Waals surface area (Å²) < 4.78 is 6.56. The van der Waals surface area contributed by atoms with Crippen LogP contribution in [0.5, 0.6) is 5.75 Å². The van der Waals surface area contributed by atoms with E-state index < -0.39 is 5.66 Å². The Kier molecular flexibility index (Phi) is 4.69. The molecule has 0 radical (unpaired) electrons. The van der Waals surface area contributed by atoms with E-state index in [2.05, 4.69) is 25.9 Å². The minimum absolute atomic E-state index is 0.142. The van der Waals surface area contributed by atoms with E-state index in [0.29, 0.717) is 13.2 Å². The van der Waals surface area contributed by atoms with Crippen molar-refractivity contribution in [1.29, 1.82) is 0 Å². The second kappa shape index (κ2) is 6.31. The van der Waals surface area contributed by atoms with Gasteiger partial charge in [-0.25, -0.2) is 4.99 Å². The third kappa shape index (κ3) is 4.08. The number of ether oxygens (including phenoxy) is 1. The summed E-state index contributed by atoms with van der Waals surface area (Å²) >= 11 is 3.37. The normalized spacial score (nSPS) is 17.2. The Hall–Kier alpha value is -1.80. The molecule has 2 rings (SSSR count). The molecular formula is C13H18BrN5O2. The zero-order chi connectivity index (χ0) is 15.5. The number of benzene rings is 1. The van der Waals surface area contributed by atoms with Crippen LogP contribution >= 0.6 is 15.9 Å². The van der Waals surface area contributed by atoms with Crippen molar-refractivity contribution in [1.82, 2.24) is 5.06 Å². The summed E-state index contributed by atoms with van der Waals surface area (Å²) in [7, 11) is 0. The number of aliphatic imine (C=N–C) groups is 2. The molecule has 0 aliphatic carbocycles. The first-order chi connectivity index (χ1) is 9.88. The molecule has 0 saturated carbocycles. The number of hydroxylamine groups is 2. The quantitative estimate of drug-likeness (QED) is 0.778. The zero-order valence-corrected chi connectivity index (χ0v) is 13.5. The van der Waals surface area contributed by atoms with E-state index >= 15 is 0 Å². The van der Waals surface area contributed by atoms with Crippen molar-refractivity contribution in [2.45, 2.75) is 19.5 Å². The zero-order valence-electron chi connectivity index (χ0n) is 11.9. The van der Waals surface area contributed by atoms with E-state index in [1.165, 1.54) is 5.06 Å². The van der Waals surface area contributed by atoms with Crippen LogP contribution in [0.1, 0.15) is 13.8 Å². The molecule has 21 heavy (non-hydrogen) atoms. The summed E-state index contributed by atoms with van der Waals surface area (Å²) in [6.45, 7) is 4.35. The van der Waals surface area contributed by atoms with Crippen molar-refractivity contribution in [3.05, 3.63) is 28.7 Å². The molecule has 1 heterocycles. The van der Waals surface area contributed by atoms with Crippen LogP contribution in [-0.2, 0) is 4.84 Å². The van der Waals surface area contributed by atoms with E-state index in [0.717, 1.165) is 10.2 Å². The van der Waals surface area contributed by atoms with Crippen LogP contribution in [0.3, 0.4) is 0 Å². The van der Waals surface area contributed by atoms with Crippen LogP contribution in [0.25, 0.3) is 0 Å². The SMILES string of the molecule is CC1(C)N=C(N)N=C(N)N1OCCOc1ccc(Br)cc1. The Morgan fingerprint density at radius 1 is 1.19 bits per heavy atom. The summed E-state index contributed by atoms with van der Waals surface area (Å²) in [5.74, 6) is 1.09. The molecule has 0 spiro atoms. The van der Waals surface area contributed by atoms with Crippen LogP contribution in [0.4, 0.5) is 0 Å². The molecule has 0 fully saturated rings. The van der Waals surface area contributed by atoms with Gasteiger partial charge in [0.15, 0.2) is 5.66 Å². The monoisotopic (exact) mass is 355 g/mol. The molecule has 114 valence electrons. The van der Waals surface area contributed by atoms with Crippen LogP contribution < -0.4 is 16.2 Å². The molecule has 0 unspecified atom stereocenters. The average Bonchev–Trinajstić information content (AvgIpc) is 2.38. The molecule has 1 aromatic carbocycles. The number of nitrogens with two attached hydrogens (primary N) is 2. The summed E-state index contributed by atoms with van der Waals surface area (Å²) in [6.07, 6.45) is 0. The molecule has 0 saturated heterocycles. The van der Waals surface area contributed by atoms with Crippen LogP contribution in [0.15, 0.2) is 38.7 Å². The summed E-state index contributed by atoms with van der Waals surface area (Å²) in [4.78, 5) is 13.6. The molecule has 1 aromatic rings. The third-order valence-corrected chi connectivity index (χ3v) is 3.24. The molecule has 0 atom stereocenters. The number of rotatable bonds is 5. The largest absolute Gasteiger partial charge is 0.491 e. The summed E-state index contributed by atoms with van der Waals surface area (Å²) in [5.41, 5.74) is 10.7. The molecule has 0 amide bonds. The van der Waals surface area contributed by atoms with Gasteiger partial charge in [0.25, 0.3) is 0 Å². The maximum atomic E-state index is 5.80. The van der Waals surface area contributed by atoms with Gasteiger partial charge >= 0.3 is 0 Å². The fourth-order valence-corrected chi connectivity index (χ4v) is 2.10. The highest BCUT2D eigenvalue weighted by molar-refractivity contribution is 9.10. The lowest BCUT2D eigenvalue weighted by Gasteiger charge is -2.36. The maximum Gasteiger partial charge on any atom is 0.226 e. The van der Waals surface area contributed by atoms with Gasteiger partial charge in [-0.3, -0.25) is 4.84 Å². The van der Waals surface area contributed by atoms with Crippen molar-refractivity contribution in [3.8, 4) is 5.75 Å². The van der Waals surface area contributed by atoms with E-state index in [1.807, 2.05) is 38.1 Å². The van der Waals surface area contributed by atoms with Gasteiger partial charge in [-0.15, -0.1) is 0 Å². The first kappa shape index (κ1) is 15.6. The fourth-order valence-electron chi connectivity index (χ4n) is 1.84. The van der Waals surface area contributed by atoms with Crippen molar-refractivity contribution in [2.75, 3.05) is 13.2 Å². The number of hydrogen-bond donors (Lipinski definition) is 2. The van der Waals surface area contributed by atoms with Crippen LogP contribution in [0, 0.1) is 0 Å². The van der Waals surface area contributed by atoms with E-state index in [4.69, 9.17) is 21.0 Å². The second-order valence-electron chi connectivity index (χ2n) is 4.86. The Labute approximate surface area is 131 Å². The van der Waals surface area contributed by atoms with Crippen molar-refractivity contribution in [3.63, 3.8) is 0 Å². The maximum absolute atomic E-state index is 5.80. The van der Waals surface area contributed by atoms with Gasteiger partial charge in [0, 0.05) is 4.47 Å². The first-order valence-electron chi connectivity index (χ1n) is 6.39. The summed E-state index contributed by atoms with van der Waals surface area (Å²) in [6, 6.07) is 7.56. The molecule has 7 nitrogen and oxygen atoms in total. The smallest absolute Gasteiger partial charge is 0.226 e. The van der Waals surface area contributed by atoms with Crippen LogP contribution in [-0.4, -0.2) is 35.9 Å². The average molecular weight is 356 g/mol. The summed E-state index contributed by atoms with van der Waals surface area (Å²) in [5, 5.41) is 1.42. The van der Waals surface area contributed by atoms with Gasteiger partial charge in [0.1, 0.15) is 19.0 Å². The van der Waals surface area contributed by atoms with Crippen molar-refractivity contribution in [2.24, 2.45) is 21.5 Å². The number of guanidine groups is 2. The molecule has 0 aromatic heterocycles. The molecule has 0 bridgehead atoms. The van der Waals surface area contributed by atoms with E-state index in [-0.39, 0.29) is 11.9 Å². The Morgan fingerprint density at radius 2 is 1.86 bits per heavy atom. The van der Waals surface area contributed by atoms with Gasteiger partial charge in [0.05, 0.1) is 0 Å². The highest BCUT2D eigenvalue weighted by Gasteiger charge is 2.32. The lowest BCUT2D eigenvalue weighted by Crippen LogP contribution is -2.54. The number of nitrogens with zero attached hydrogens (tertiary/aromatic N) is 3. The minimum Gasteiger partial charge on any atom is -0.491 e.